The highest BCUT2D eigenvalue weighted by Crippen LogP contribution is 2.24. The molecule has 27 heavy (non-hydrogen) atoms. The van der Waals surface area contributed by atoms with Gasteiger partial charge in [0.05, 0.1) is 11.6 Å². The van der Waals surface area contributed by atoms with E-state index in [2.05, 4.69) is 66.3 Å². The number of rotatable bonds is 5. The lowest BCUT2D eigenvalue weighted by Gasteiger charge is -2.32. The van der Waals surface area contributed by atoms with Crippen LogP contribution in [0.15, 0.2) is 30.3 Å². The van der Waals surface area contributed by atoms with Crippen molar-refractivity contribution in [3.05, 3.63) is 41.5 Å². The molecule has 0 aliphatic carbocycles. The molecule has 1 aliphatic heterocycles. The van der Waals surface area contributed by atoms with Crippen molar-refractivity contribution in [3.8, 4) is 11.3 Å². The third-order valence-corrected chi connectivity index (χ3v) is 5.25. The van der Waals surface area contributed by atoms with Crippen molar-refractivity contribution in [2.75, 3.05) is 24.5 Å². The number of nitrogens with zero attached hydrogens (tertiary/aromatic N) is 3. The Hall–Kier alpha value is -2.43. The first-order chi connectivity index (χ1) is 12.9. The minimum Gasteiger partial charge on any atom is -0.356 e. The average Bonchev–Trinajstić information content (AvgIpc) is 2.68. The molecule has 1 saturated heterocycles. The van der Waals surface area contributed by atoms with E-state index in [4.69, 9.17) is 0 Å². The summed E-state index contributed by atoms with van der Waals surface area (Å²) in [4.78, 5) is 14.6. The summed E-state index contributed by atoms with van der Waals surface area (Å²) in [5, 5.41) is 11.9. The second-order valence-corrected chi connectivity index (χ2v) is 8.00. The lowest BCUT2D eigenvalue weighted by molar-refractivity contribution is -0.125. The molecule has 1 amide bonds. The Balaban J connectivity index is 1.67. The maximum atomic E-state index is 12.4. The van der Waals surface area contributed by atoms with Gasteiger partial charge in [0, 0.05) is 25.2 Å². The lowest BCUT2D eigenvalue weighted by Crippen LogP contribution is -2.44. The van der Waals surface area contributed by atoms with E-state index in [1.165, 1.54) is 11.1 Å². The second-order valence-electron chi connectivity index (χ2n) is 8.00. The maximum absolute atomic E-state index is 12.4. The van der Waals surface area contributed by atoms with Gasteiger partial charge in [0.15, 0.2) is 5.82 Å². The van der Waals surface area contributed by atoms with Crippen molar-refractivity contribution >= 4 is 11.7 Å². The van der Waals surface area contributed by atoms with Crippen molar-refractivity contribution in [1.29, 1.82) is 0 Å². The van der Waals surface area contributed by atoms with Crippen LogP contribution >= 0.6 is 0 Å². The molecule has 5 nitrogen and oxygen atoms in total. The smallest absolute Gasteiger partial charge is 0.224 e. The van der Waals surface area contributed by atoms with Crippen LogP contribution in [-0.2, 0) is 4.79 Å². The van der Waals surface area contributed by atoms with E-state index in [0.717, 1.165) is 43.0 Å². The topological polar surface area (TPSA) is 58.1 Å². The van der Waals surface area contributed by atoms with Crippen LogP contribution in [-0.4, -0.2) is 35.7 Å². The minimum atomic E-state index is 0.0266. The predicted molar refractivity (Wildman–Crippen MR) is 110 cm³/mol. The normalized spacial score (nSPS) is 17.2. The van der Waals surface area contributed by atoms with Gasteiger partial charge < -0.3 is 10.2 Å². The molecule has 0 unspecified atom stereocenters. The van der Waals surface area contributed by atoms with Crippen LogP contribution in [0.5, 0.6) is 0 Å². The summed E-state index contributed by atoms with van der Waals surface area (Å²) in [6.45, 7) is 10.8. The van der Waals surface area contributed by atoms with E-state index in [-0.39, 0.29) is 11.8 Å². The van der Waals surface area contributed by atoms with E-state index in [1.807, 2.05) is 12.1 Å². The van der Waals surface area contributed by atoms with E-state index in [0.29, 0.717) is 12.5 Å². The first-order valence-electron chi connectivity index (χ1n) is 9.88. The zero-order chi connectivity index (χ0) is 19.4. The van der Waals surface area contributed by atoms with Gasteiger partial charge in [-0.1, -0.05) is 26.0 Å². The van der Waals surface area contributed by atoms with Gasteiger partial charge in [0.2, 0.25) is 5.91 Å². The molecule has 144 valence electrons. The van der Waals surface area contributed by atoms with Gasteiger partial charge in [-0.3, -0.25) is 4.79 Å². The van der Waals surface area contributed by atoms with Crippen LogP contribution in [0, 0.1) is 25.7 Å². The van der Waals surface area contributed by atoms with Crippen LogP contribution in [0.25, 0.3) is 11.3 Å². The third kappa shape index (κ3) is 4.85. The van der Waals surface area contributed by atoms with Gasteiger partial charge in [-0.05, 0) is 61.9 Å². The van der Waals surface area contributed by atoms with E-state index >= 15 is 0 Å². The van der Waals surface area contributed by atoms with Gasteiger partial charge >= 0.3 is 0 Å². The van der Waals surface area contributed by atoms with Crippen molar-refractivity contribution in [2.45, 2.75) is 40.5 Å². The fourth-order valence-corrected chi connectivity index (χ4v) is 3.40. The van der Waals surface area contributed by atoms with Gasteiger partial charge in [-0.15, -0.1) is 10.2 Å². The van der Waals surface area contributed by atoms with Crippen LogP contribution in [0.2, 0.25) is 0 Å². The quantitative estimate of drug-likeness (QED) is 0.876. The highest BCUT2D eigenvalue weighted by atomic mass is 16.1. The number of amides is 1. The number of aryl methyl sites for hydroxylation is 2. The molecule has 2 heterocycles. The number of carbonyl (C=O) groups excluding carboxylic acids is 1. The minimum absolute atomic E-state index is 0.0266. The fourth-order valence-electron chi connectivity index (χ4n) is 3.40. The SMILES string of the molecule is Cc1ccc(-c2ccc(N3CCC[C@@H](C(=O)NCC(C)C)C3)nn2)cc1C. The maximum Gasteiger partial charge on any atom is 0.224 e. The molecular formula is C22H30N4O. The number of piperidine rings is 1. The van der Waals surface area contributed by atoms with Crippen molar-refractivity contribution in [3.63, 3.8) is 0 Å². The van der Waals surface area contributed by atoms with Crippen LogP contribution in [0.3, 0.4) is 0 Å². The van der Waals surface area contributed by atoms with Gasteiger partial charge in [-0.2, -0.15) is 0 Å². The highest BCUT2D eigenvalue weighted by Gasteiger charge is 2.26. The number of benzene rings is 1. The van der Waals surface area contributed by atoms with Crippen molar-refractivity contribution in [1.82, 2.24) is 15.5 Å². The Bertz CT molecular complexity index is 785. The molecule has 0 spiro atoms. The predicted octanol–water partition coefficient (Wildman–Crippen LogP) is 3.75. The molecule has 0 radical (unpaired) electrons. The number of nitrogens with one attached hydrogen (secondary N) is 1. The molecule has 5 heteroatoms. The summed E-state index contributed by atoms with van der Waals surface area (Å²) in [7, 11) is 0. The zero-order valence-corrected chi connectivity index (χ0v) is 16.8. The van der Waals surface area contributed by atoms with E-state index < -0.39 is 0 Å². The Morgan fingerprint density at radius 3 is 2.67 bits per heavy atom. The molecule has 3 rings (SSSR count). The van der Waals surface area contributed by atoms with Crippen LogP contribution in [0.4, 0.5) is 5.82 Å². The molecular weight excluding hydrogens is 336 g/mol. The summed E-state index contributed by atoms with van der Waals surface area (Å²) in [6.07, 6.45) is 1.94. The molecule has 1 aromatic carbocycles. The first kappa shape index (κ1) is 19.3. The van der Waals surface area contributed by atoms with Crippen LogP contribution in [0.1, 0.15) is 37.8 Å². The number of hydrogen-bond donors (Lipinski definition) is 1. The van der Waals surface area contributed by atoms with Crippen molar-refractivity contribution < 1.29 is 4.79 Å². The molecule has 0 bridgehead atoms. The number of aromatic nitrogens is 2. The molecule has 1 aliphatic rings. The first-order valence-corrected chi connectivity index (χ1v) is 9.88. The van der Waals surface area contributed by atoms with Gasteiger partial charge in [0.25, 0.3) is 0 Å². The summed E-state index contributed by atoms with van der Waals surface area (Å²) < 4.78 is 0. The zero-order valence-electron chi connectivity index (χ0n) is 16.8. The third-order valence-electron chi connectivity index (χ3n) is 5.25. The molecule has 1 aromatic heterocycles. The lowest BCUT2D eigenvalue weighted by atomic mass is 9.97. The molecule has 2 aromatic rings. The van der Waals surface area contributed by atoms with E-state index in [9.17, 15) is 4.79 Å². The Morgan fingerprint density at radius 2 is 2.00 bits per heavy atom. The second kappa shape index (κ2) is 8.51. The summed E-state index contributed by atoms with van der Waals surface area (Å²) in [5.74, 6) is 1.51. The summed E-state index contributed by atoms with van der Waals surface area (Å²) >= 11 is 0. The fraction of sp³-hybridized carbons (Fsp3) is 0.500. The molecule has 1 fully saturated rings. The summed E-state index contributed by atoms with van der Waals surface area (Å²) in [6, 6.07) is 10.4. The summed E-state index contributed by atoms with van der Waals surface area (Å²) in [5.41, 5.74) is 4.50. The van der Waals surface area contributed by atoms with Crippen molar-refractivity contribution in [2.24, 2.45) is 11.8 Å². The largest absolute Gasteiger partial charge is 0.356 e. The number of carbonyl (C=O) groups is 1. The standard InChI is InChI=1S/C22H30N4O/c1-15(2)13-23-22(27)19-6-5-11-26(14-19)21-10-9-20(24-25-21)18-8-7-16(3)17(4)12-18/h7-10,12,15,19H,5-6,11,13-14H2,1-4H3,(H,23,27)/t19-/m1/s1. The Labute approximate surface area is 162 Å². The van der Waals surface area contributed by atoms with Gasteiger partial charge in [0.1, 0.15) is 0 Å². The monoisotopic (exact) mass is 366 g/mol. The molecule has 0 saturated carbocycles. The van der Waals surface area contributed by atoms with Crippen LogP contribution < -0.4 is 10.2 Å². The number of anilines is 1. The molecule has 1 atom stereocenters. The van der Waals surface area contributed by atoms with E-state index in [1.54, 1.807) is 0 Å². The average molecular weight is 367 g/mol. The molecule has 1 N–H and O–H groups in total. The Morgan fingerprint density at radius 1 is 1.19 bits per heavy atom. The Kier molecular flexibility index (Phi) is 6.09. The number of hydrogen-bond acceptors (Lipinski definition) is 4. The van der Waals surface area contributed by atoms with Gasteiger partial charge in [-0.25, -0.2) is 0 Å². The highest BCUT2D eigenvalue weighted by molar-refractivity contribution is 5.79.